The summed E-state index contributed by atoms with van der Waals surface area (Å²) in [4.78, 5) is 11.3. The van der Waals surface area contributed by atoms with Crippen LogP contribution in [0.4, 0.5) is 0 Å². The number of hydrogen-bond donors (Lipinski definition) is 1. The highest BCUT2D eigenvalue weighted by Crippen LogP contribution is 2.24. The first-order valence-corrected chi connectivity index (χ1v) is 6.88. The molecule has 2 aromatic carbocycles. The largest absolute Gasteiger partial charge is 0.476 e. The molecule has 0 aliphatic rings. The Labute approximate surface area is 126 Å². The van der Waals surface area contributed by atoms with Crippen LogP contribution in [-0.4, -0.2) is 20.9 Å². The van der Waals surface area contributed by atoms with Gasteiger partial charge in [-0.15, -0.1) is 0 Å². The lowest BCUT2D eigenvalue weighted by molar-refractivity contribution is 0.0691. The molecule has 5 heteroatoms. The third-order valence-electron chi connectivity index (χ3n) is 3.52. The van der Waals surface area contributed by atoms with E-state index < -0.39 is 5.97 Å². The Morgan fingerprint density at radius 2 is 2.00 bits per heavy atom. The smallest absolute Gasteiger partial charge is 0.357 e. The van der Waals surface area contributed by atoms with Gasteiger partial charge in [0.1, 0.15) is 0 Å². The van der Waals surface area contributed by atoms with Crippen molar-refractivity contribution in [2.45, 2.75) is 13.5 Å². The quantitative estimate of drug-likeness (QED) is 0.801. The molecule has 21 heavy (non-hydrogen) atoms. The summed E-state index contributed by atoms with van der Waals surface area (Å²) in [7, 11) is 0. The van der Waals surface area contributed by atoms with Crippen LogP contribution in [0.3, 0.4) is 0 Å². The molecule has 4 nitrogen and oxygen atoms in total. The van der Waals surface area contributed by atoms with Crippen LogP contribution in [0.25, 0.3) is 10.9 Å². The van der Waals surface area contributed by atoms with Gasteiger partial charge in [-0.25, -0.2) is 4.79 Å². The number of para-hydroxylation sites is 1. The van der Waals surface area contributed by atoms with E-state index in [1.54, 1.807) is 10.7 Å². The van der Waals surface area contributed by atoms with Crippen molar-refractivity contribution >= 4 is 28.5 Å². The fraction of sp³-hybridized carbons (Fsp3) is 0.125. The molecule has 0 fully saturated rings. The molecule has 1 heterocycles. The summed E-state index contributed by atoms with van der Waals surface area (Å²) in [6, 6.07) is 13.0. The van der Waals surface area contributed by atoms with Crippen LogP contribution >= 0.6 is 11.6 Å². The number of aromatic carboxylic acids is 1. The van der Waals surface area contributed by atoms with Gasteiger partial charge in [0.25, 0.3) is 0 Å². The van der Waals surface area contributed by atoms with Crippen LogP contribution in [0.2, 0.25) is 5.02 Å². The van der Waals surface area contributed by atoms with Crippen molar-refractivity contribution < 1.29 is 9.90 Å². The Kier molecular flexibility index (Phi) is 3.39. The maximum atomic E-state index is 11.3. The van der Waals surface area contributed by atoms with Gasteiger partial charge in [-0.1, -0.05) is 41.9 Å². The average molecular weight is 301 g/mol. The lowest BCUT2D eigenvalue weighted by Crippen LogP contribution is -2.06. The van der Waals surface area contributed by atoms with E-state index in [0.29, 0.717) is 17.0 Å². The number of carboxylic acid groups (broad SMARTS) is 1. The number of benzene rings is 2. The number of aromatic nitrogens is 2. The van der Waals surface area contributed by atoms with Gasteiger partial charge in [0, 0.05) is 10.4 Å². The van der Waals surface area contributed by atoms with E-state index in [-0.39, 0.29) is 5.69 Å². The van der Waals surface area contributed by atoms with Crippen LogP contribution < -0.4 is 0 Å². The van der Waals surface area contributed by atoms with Crippen molar-refractivity contribution in [2.24, 2.45) is 0 Å². The van der Waals surface area contributed by atoms with Gasteiger partial charge in [0.05, 0.1) is 12.1 Å². The summed E-state index contributed by atoms with van der Waals surface area (Å²) < 4.78 is 1.69. The standard InChI is InChI=1S/C16H13ClN2O2/c1-10-5-4-7-13(17)12(10)9-19-14-8-3-2-6-11(14)15(18-19)16(20)21/h2-8H,9H2,1H3,(H,20,21). The summed E-state index contributed by atoms with van der Waals surface area (Å²) >= 11 is 6.24. The van der Waals surface area contributed by atoms with Gasteiger partial charge in [-0.05, 0) is 30.2 Å². The maximum absolute atomic E-state index is 11.3. The van der Waals surface area contributed by atoms with Crippen molar-refractivity contribution in [3.05, 3.63) is 64.3 Å². The number of rotatable bonds is 3. The molecule has 0 aliphatic heterocycles. The first-order chi connectivity index (χ1) is 10.1. The molecule has 0 atom stereocenters. The molecule has 0 bridgehead atoms. The Morgan fingerprint density at radius 1 is 1.24 bits per heavy atom. The van der Waals surface area contributed by atoms with E-state index in [1.165, 1.54) is 0 Å². The van der Waals surface area contributed by atoms with E-state index >= 15 is 0 Å². The number of fused-ring (bicyclic) bond motifs is 1. The monoisotopic (exact) mass is 300 g/mol. The van der Waals surface area contributed by atoms with Gasteiger partial charge in [0.15, 0.2) is 5.69 Å². The Bertz CT molecular complexity index is 819. The minimum atomic E-state index is -1.03. The molecule has 3 rings (SSSR count). The maximum Gasteiger partial charge on any atom is 0.357 e. The highest BCUT2D eigenvalue weighted by Gasteiger charge is 2.16. The second-order valence-corrected chi connectivity index (χ2v) is 5.27. The fourth-order valence-corrected chi connectivity index (χ4v) is 2.70. The van der Waals surface area contributed by atoms with Crippen LogP contribution in [0.5, 0.6) is 0 Å². The van der Waals surface area contributed by atoms with Crippen molar-refractivity contribution in [2.75, 3.05) is 0 Å². The van der Waals surface area contributed by atoms with Crippen molar-refractivity contribution in [3.63, 3.8) is 0 Å². The molecule has 1 N–H and O–H groups in total. The lowest BCUT2D eigenvalue weighted by Gasteiger charge is -2.09. The Morgan fingerprint density at radius 3 is 2.71 bits per heavy atom. The van der Waals surface area contributed by atoms with E-state index in [0.717, 1.165) is 16.6 Å². The number of nitrogens with zero attached hydrogens (tertiary/aromatic N) is 2. The van der Waals surface area contributed by atoms with Gasteiger partial charge in [-0.3, -0.25) is 4.68 Å². The minimum Gasteiger partial charge on any atom is -0.476 e. The molecule has 3 aromatic rings. The molecule has 0 aliphatic carbocycles. The molecule has 0 saturated carbocycles. The summed E-state index contributed by atoms with van der Waals surface area (Å²) in [5.41, 5.74) is 2.85. The second-order valence-electron chi connectivity index (χ2n) is 4.86. The third kappa shape index (κ3) is 2.38. The number of carbonyl (C=O) groups is 1. The zero-order valence-corrected chi connectivity index (χ0v) is 12.1. The van der Waals surface area contributed by atoms with Gasteiger partial charge in [-0.2, -0.15) is 5.10 Å². The molecular formula is C16H13ClN2O2. The number of carboxylic acids is 1. The normalized spacial score (nSPS) is 11.0. The highest BCUT2D eigenvalue weighted by atomic mass is 35.5. The summed E-state index contributed by atoms with van der Waals surface area (Å²) in [6.45, 7) is 2.42. The molecule has 106 valence electrons. The topological polar surface area (TPSA) is 55.1 Å². The van der Waals surface area contributed by atoms with Gasteiger partial charge in [0.2, 0.25) is 0 Å². The van der Waals surface area contributed by atoms with E-state index in [2.05, 4.69) is 5.10 Å². The lowest BCUT2D eigenvalue weighted by atomic mass is 10.1. The molecule has 0 saturated heterocycles. The first-order valence-electron chi connectivity index (χ1n) is 6.51. The highest BCUT2D eigenvalue weighted by molar-refractivity contribution is 6.31. The molecule has 0 spiro atoms. The second kappa shape index (κ2) is 5.22. The molecule has 0 unspecified atom stereocenters. The van der Waals surface area contributed by atoms with Crippen LogP contribution in [0, 0.1) is 6.92 Å². The van der Waals surface area contributed by atoms with Crippen LogP contribution in [0.1, 0.15) is 21.6 Å². The van der Waals surface area contributed by atoms with Crippen molar-refractivity contribution in [3.8, 4) is 0 Å². The van der Waals surface area contributed by atoms with E-state index in [9.17, 15) is 9.90 Å². The summed E-state index contributed by atoms with van der Waals surface area (Å²) in [5.74, 6) is -1.03. The predicted octanol–water partition coefficient (Wildman–Crippen LogP) is 3.74. The summed E-state index contributed by atoms with van der Waals surface area (Å²) in [6.07, 6.45) is 0. The van der Waals surface area contributed by atoms with Crippen LogP contribution in [0.15, 0.2) is 42.5 Å². The molecule has 0 amide bonds. The summed E-state index contributed by atoms with van der Waals surface area (Å²) in [5, 5.41) is 14.8. The predicted molar refractivity (Wildman–Crippen MR) is 82.0 cm³/mol. The van der Waals surface area contributed by atoms with E-state index in [4.69, 9.17) is 11.6 Å². The zero-order chi connectivity index (χ0) is 15.0. The average Bonchev–Trinajstić information content (AvgIpc) is 2.82. The van der Waals surface area contributed by atoms with Gasteiger partial charge >= 0.3 is 5.97 Å². The van der Waals surface area contributed by atoms with Crippen molar-refractivity contribution in [1.29, 1.82) is 0 Å². The van der Waals surface area contributed by atoms with Crippen molar-refractivity contribution in [1.82, 2.24) is 9.78 Å². The molecule has 1 aromatic heterocycles. The van der Waals surface area contributed by atoms with Gasteiger partial charge < -0.3 is 5.11 Å². The molecular weight excluding hydrogens is 288 g/mol. The Balaban J connectivity index is 2.15. The first kappa shape index (κ1) is 13.6. The molecule has 0 radical (unpaired) electrons. The number of hydrogen-bond acceptors (Lipinski definition) is 2. The minimum absolute atomic E-state index is 0.0651. The zero-order valence-electron chi connectivity index (χ0n) is 11.4. The van der Waals surface area contributed by atoms with Crippen LogP contribution in [-0.2, 0) is 6.54 Å². The van der Waals surface area contributed by atoms with E-state index in [1.807, 2.05) is 43.3 Å². The fourth-order valence-electron chi connectivity index (χ4n) is 2.42. The Hall–Kier alpha value is -2.33. The number of halogens is 1. The SMILES string of the molecule is Cc1cccc(Cl)c1Cn1nc(C(=O)O)c2ccccc21. The number of aryl methyl sites for hydroxylation is 1. The third-order valence-corrected chi connectivity index (χ3v) is 3.88.